The molecule has 0 spiro atoms. The molecular weight excluding hydrogens is 341 g/mol. The van der Waals surface area contributed by atoms with E-state index >= 15 is 0 Å². The van der Waals surface area contributed by atoms with Crippen LogP contribution in [0.2, 0.25) is 0 Å². The summed E-state index contributed by atoms with van der Waals surface area (Å²) in [7, 11) is 0. The summed E-state index contributed by atoms with van der Waals surface area (Å²) in [6.45, 7) is 0. The van der Waals surface area contributed by atoms with Crippen molar-refractivity contribution in [2.75, 3.05) is 0 Å². The van der Waals surface area contributed by atoms with Crippen molar-refractivity contribution < 1.29 is 10.4 Å². The molecule has 0 unspecified atom stereocenters. The van der Waals surface area contributed by atoms with Crippen LogP contribution in [0.3, 0.4) is 0 Å². The van der Waals surface area contributed by atoms with Crippen molar-refractivity contribution >= 4 is 29.6 Å². The fraction of sp³-hybridized carbons (Fsp3) is 0. The summed E-state index contributed by atoms with van der Waals surface area (Å²) in [4.78, 5) is 10.9. The van der Waals surface area contributed by atoms with Gasteiger partial charge in [-0.05, 0) is 0 Å². The number of rotatable bonds is 2. The average Bonchev–Trinajstić information content (AvgIpc) is 2.07. The van der Waals surface area contributed by atoms with Crippen molar-refractivity contribution in [3.63, 3.8) is 0 Å². The van der Waals surface area contributed by atoms with Crippen LogP contribution < -0.4 is 0 Å². The molecule has 0 aromatic heterocycles. The Bertz CT molecular complexity index is 258. The van der Waals surface area contributed by atoms with Gasteiger partial charge in [0, 0.05) is 0 Å². The number of carbonyl (C=O) groups excluding carboxylic acids is 1. The van der Waals surface area contributed by atoms with Crippen molar-refractivity contribution in [3.05, 3.63) is 35.9 Å². The molecule has 0 aliphatic rings. The predicted octanol–water partition coefficient (Wildman–Crippen LogP) is 0.808. The van der Waals surface area contributed by atoms with Crippen LogP contribution in [-0.4, -0.2) is 29.6 Å². The summed E-state index contributed by atoms with van der Waals surface area (Å²) in [5.74, 6) is -0.489. The molecule has 1 aromatic carbocycles. The van der Waals surface area contributed by atoms with Crippen molar-refractivity contribution in [1.82, 2.24) is 0 Å². The molecule has 4 heteroatoms. The van der Waals surface area contributed by atoms with E-state index in [9.17, 15) is 7.61 Å². The Labute approximate surface area is 76.0 Å². The van der Waals surface area contributed by atoms with Crippen molar-refractivity contribution in [2.45, 2.75) is 0 Å². The third-order valence-electron chi connectivity index (χ3n) is 1.13. The first kappa shape index (κ1) is 8.47. The molecule has 56 valence electrons. The minimum atomic E-state index is -2.19. The molecule has 0 fully saturated rings. The van der Waals surface area contributed by atoms with Crippen molar-refractivity contribution in [2.24, 2.45) is 0 Å². The van der Waals surface area contributed by atoms with E-state index < -0.39 is 29.6 Å². The van der Waals surface area contributed by atoms with Gasteiger partial charge in [0.1, 0.15) is 0 Å². The Hall–Kier alpha value is -0.627. The summed E-state index contributed by atoms with van der Waals surface area (Å²) in [5, 5.41) is 0. The second-order valence-electron chi connectivity index (χ2n) is 1.82. The molecule has 0 N–H and O–H groups in total. The fourth-order valence-electron chi connectivity index (χ4n) is 0.661. The van der Waals surface area contributed by atoms with Crippen LogP contribution in [-0.2, 0) is 5.63 Å². The summed E-state index contributed by atoms with van der Waals surface area (Å²) < 4.78 is 14.5. The third kappa shape index (κ3) is 2.47. The SMILES string of the molecule is [O]=[Bi][O]C(=O)c1ccccc1. The first-order chi connectivity index (χ1) is 5.34. The maximum absolute atomic E-state index is 10.9. The van der Waals surface area contributed by atoms with E-state index in [1.807, 2.05) is 0 Å². The van der Waals surface area contributed by atoms with Gasteiger partial charge < -0.3 is 0 Å². The first-order valence-electron chi connectivity index (χ1n) is 2.93. The van der Waals surface area contributed by atoms with Gasteiger partial charge in [0.05, 0.1) is 0 Å². The zero-order chi connectivity index (χ0) is 8.10. The second kappa shape index (κ2) is 4.29. The minimum absolute atomic E-state index is 0.451. The summed E-state index contributed by atoms with van der Waals surface area (Å²) in [5.41, 5.74) is 0.451. The van der Waals surface area contributed by atoms with Crippen LogP contribution in [0.4, 0.5) is 0 Å². The van der Waals surface area contributed by atoms with E-state index in [1.54, 1.807) is 30.3 Å². The van der Waals surface area contributed by atoms with E-state index in [1.165, 1.54) is 0 Å². The average molecular weight is 346 g/mol. The molecule has 0 radical (unpaired) electrons. The summed E-state index contributed by atoms with van der Waals surface area (Å²) in [6, 6.07) is 8.51. The standard InChI is InChI=1S/C7H6O2.Bi.O/c8-7(9)6-4-2-1-3-5-6;;/h1-5H,(H,8,9);;/q;+1;/p-1. The van der Waals surface area contributed by atoms with E-state index in [0.29, 0.717) is 5.56 Å². The molecule has 0 saturated carbocycles. The van der Waals surface area contributed by atoms with Gasteiger partial charge in [0.2, 0.25) is 0 Å². The molecular formula is C7H5BiO3. The monoisotopic (exact) mass is 346 g/mol. The zero-order valence-corrected chi connectivity index (χ0v) is 9.04. The fourth-order valence-corrected chi connectivity index (χ4v) is 1.33. The van der Waals surface area contributed by atoms with E-state index in [2.05, 4.69) is 2.81 Å². The Kier molecular flexibility index (Phi) is 3.30. The molecule has 11 heavy (non-hydrogen) atoms. The van der Waals surface area contributed by atoms with Gasteiger partial charge in [-0.2, -0.15) is 0 Å². The molecule has 0 aliphatic heterocycles. The molecule has 0 bridgehead atoms. The Morgan fingerprint density at radius 3 is 2.45 bits per heavy atom. The maximum atomic E-state index is 10.9. The van der Waals surface area contributed by atoms with E-state index in [0.717, 1.165) is 0 Å². The zero-order valence-electron chi connectivity index (χ0n) is 5.56. The van der Waals surface area contributed by atoms with Gasteiger partial charge >= 0.3 is 76.0 Å². The van der Waals surface area contributed by atoms with Gasteiger partial charge in [0.15, 0.2) is 0 Å². The molecule has 1 rings (SSSR count). The Morgan fingerprint density at radius 1 is 1.27 bits per heavy atom. The number of carbonyl (C=O) groups is 1. The van der Waals surface area contributed by atoms with Crippen LogP contribution >= 0.6 is 0 Å². The normalized spacial score (nSPS) is 8.73. The van der Waals surface area contributed by atoms with Crippen LogP contribution in [0.25, 0.3) is 0 Å². The van der Waals surface area contributed by atoms with Crippen LogP contribution in [0.1, 0.15) is 10.4 Å². The molecule has 0 heterocycles. The molecule has 3 nitrogen and oxygen atoms in total. The van der Waals surface area contributed by atoms with Gasteiger partial charge in [-0.25, -0.2) is 0 Å². The van der Waals surface area contributed by atoms with Gasteiger partial charge in [-0.1, -0.05) is 0 Å². The first-order valence-corrected chi connectivity index (χ1v) is 5.77. The van der Waals surface area contributed by atoms with Crippen molar-refractivity contribution in [1.29, 1.82) is 0 Å². The van der Waals surface area contributed by atoms with Crippen LogP contribution in [0.15, 0.2) is 30.3 Å². The molecule has 0 amide bonds. The van der Waals surface area contributed by atoms with Gasteiger partial charge in [0.25, 0.3) is 0 Å². The van der Waals surface area contributed by atoms with Crippen LogP contribution in [0.5, 0.6) is 0 Å². The molecule has 0 aliphatic carbocycles. The quantitative estimate of drug-likeness (QED) is 0.745. The number of hydrogen-bond acceptors (Lipinski definition) is 3. The second-order valence-corrected chi connectivity index (χ2v) is 3.11. The van der Waals surface area contributed by atoms with Crippen LogP contribution in [0, 0.1) is 0 Å². The van der Waals surface area contributed by atoms with Gasteiger partial charge in [-0.3, -0.25) is 0 Å². The molecule has 1 aromatic rings. The molecule has 0 saturated heterocycles. The topological polar surface area (TPSA) is 43.4 Å². The number of hydrogen-bond donors (Lipinski definition) is 0. The predicted molar refractivity (Wildman–Crippen MR) is 38.3 cm³/mol. The summed E-state index contributed by atoms with van der Waals surface area (Å²) >= 11 is -2.19. The van der Waals surface area contributed by atoms with E-state index in [4.69, 9.17) is 0 Å². The number of benzene rings is 1. The molecule has 0 atom stereocenters. The van der Waals surface area contributed by atoms with E-state index in [-0.39, 0.29) is 0 Å². The summed E-state index contributed by atoms with van der Waals surface area (Å²) in [6.07, 6.45) is 0. The Morgan fingerprint density at radius 2 is 1.91 bits per heavy atom. The van der Waals surface area contributed by atoms with Gasteiger partial charge in [-0.15, -0.1) is 0 Å². The van der Waals surface area contributed by atoms with Crippen molar-refractivity contribution in [3.8, 4) is 0 Å². The Balaban J connectivity index is 2.77. The third-order valence-corrected chi connectivity index (χ3v) is 2.06.